The molecule has 12 heteroatoms. The van der Waals surface area contributed by atoms with Gasteiger partial charge in [0.05, 0.1) is 28.5 Å². The minimum Gasteiger partial charge on any atom is -0.505 e. The molecule has 1 aromatic rings. The second-order valence-electron chi connectivity index (χ2n) is 9.47. The fourth-order valence-corrected chi connectivity index (χ4v) is 6.01. The predicted octanol–water partition coefficient (Wildman–Crippen LogP) is -0.800. The van der Waals surface area contributed by atoms with Gasteiger partial charge >= 0.3 is 0 Å². The van der Waals surface area contributed by atoms with Crippen molar-refractivity contribution in [2.24, 2.45) is 29.4 Å². The van der Waals surface area contributed by atoms with Crippen LogP contribution >= 0.6 is 15.9 Å². The van der Waals surface area contributed by atoms with Crippen LogP contribution in [0, 0.1) is 23.7 Å². The largest absolute Gasteiger partial charge is 0.505 e. The number of nitrogens with zero attached hydrogens (tertiary/aromatic N) is 1. The molecule has 2 amide bonds. The van der Waals surface area contributed by atoms with E-state index in [0.717, 1.165) is 0 Å². The van der Waals surface area contributed by atoms with Gasteiger partial charge in [0.1, 0.15) is 5.75 Å². The van der Waals surface area contributed by atoms with Crippen LogP contribution in [0.5, 0.6) is 5.75 Å². The molecule has 6 atom stereocenters. The standard InChI is InChI=1S/C23H24BrN3O8/c1-27(2)16-10-6-9-5-8-3-4-11(26-12(28)7-24)17(29)13(8)18(30)14(9)20(32)23(10,35)21(33)15(19(16)31)22(25)34/h3-4,9-10,14-16,29,35H,5-7H2,1-2H3,(H2,25,34)(H,26,28)/t9?,10?,14?,15?,16-,23-/m0/s1. The third-order valence-corrected chi connectivity index (χ3v) is 7.84. The minimum atomic E-state index is -2.77. The van der Waals surface area contributed by atoms with Gasteiger partial charge in [0, 0.05) is 5.92 Å². The number of benzene rings is 1. The maximum atomic E-state index is 13.7. The first-order chi connectivity index (χ1) is 16.4. The number of carbonyl (C=O) groups is 6. The second-order valence-corrected chi connectivity index (χ2v) is 10.0. The van der Waals surface area contributed by atoms with E-state index in [-0.39, 0.29) is 29.4 Å². The van der Waals surface area contributed by atoms with E-state index in [1.807, 2.05) is 0 Å². The Hall–Kier alpha value is -2.96. The summed E-state index contributed by atoms with van der Waals surface area (Å²) in [5.74, 6) is -11.6. The number of nitrogens with two attached hydrogens (primary N) is 1. The van der Waals surface area contributed by atoms with Crippen molar-refractivity contribution in [1.82, 2.24) is 4.90 Å². The quantitative estimate of drug-likeness (QED) is 0.212. The maximum Gasteiger partial charge on any atom is 0.235 e. The van der Waals surface area contributed by atoms with Gasteiger partial charge in [-0.2, -0.15) is 0 Å². The zero-order valence-corrected chi connectivity index (χ0v) is 20.5. The van der Waals surface area contributed by atoms with Crippen LogP contribution in [0.4, 0.5) is 5.69 Å². The highest BCUT2D eigenvalue weighted by molar-refractivity contribution is 9.09. The van der Waals surface area contributed by atoms with Crippen molar-refractivity contribution in [3.05, 3.63) is 23.3 Å². The Bertz CT molecular complexity index is 1200. The number of halogens is 1. The topological polar surface area (TPSA) is 184 Å². The van der Waals surface area contributed by atoms with Gasteiger partial charge in [0.15, 0.2) is 34.7 Å². The Morgan fingerprint density at radius 3 is 2.43 bits per heavy atom. The van der Waals surface area contributed by atoms with Gasteiger partial charge in [0.25, 0.3) is 0 Å². The summed E-state index contributed by atoms with van der Waals surface area (Å²) in [6, 6.07) is 1.85. The van der Waals surface area contributed by atoms with Crippen LogP contribution in [0.1, 0.15) is 22.3 Å². The van der Waals surface area contributed by atoms with Crippen LogP contribution in [-0.4, -0.2) is 81.1 Å². The number of ketones is 4. The van der Waals surface area contributed by atoms with E-state index >= 15 is 0 Å². The molecule has 2 fully saturated rings. The zero-order chi connectivity index (χ0) is 26.0. The number of alkyl halides is 1. The highest BCUT2D eigenvalue weighted by atomic mass is 79.9. The van der Waals surface area contributed by atoms with Gasteiger partial charge in [-0.15, -0.1) is 0 Å². The van der Waals surface area contributed by atoms with Gasteiger partial charge in [-0.05, 0) is 44.5 Å². The fourth-order valence-electron chi connectivity index (χ4n) is 5.87. The highest BCUT2D eigenvalue weighted by Crippen LogP contribution is 2.51. The zero-order valence-electron chi connectivity index (χ0n) is 18.9. The number of phenolic OH excluding ortho intramolecular Hbond substituents is 1. The highest BCUT2D eigenvalue weighted by Gasteiger charge is 2.69. The molecule has 186 valence electrons. The first-order valence-electron chi connectivity index (χ1n) is 10.9. The molecule has 2 saturated carbocycles. The van der Waals surface area contributed by atoms with Crippen LogP contribution in [0.25, 0.3) is 0 Å². The number of Topliss-reactive ketones (excluding diaryl/α,β-unsaturated/α-hetero) is 4. The molecule has 4 rings (SSSR count). The van der Waals surface area contributed by atoms with E-state index in [4.69, 9.17) is 5.73 Å². The predicted molar refractivity (Wildman–Crippen MR) is 124 cm³/mol. The van der Waals surface area contributed by atoms with E-state index in [2.05, 4.69) is 21.2 Å². The van der Waals surface area contributed by atoms with Crippen molar-refractivity contribution in [2.45, 2.75) is 24.5 Å². The molecular weight excluding hydrogens is 526 g/mol. The SMILES string of the molecule is CN(C)[C@@H]1C(=O)C(C(N)=O)C(=O)[C@@]2(O)C(=O)C3C(=O)c4c(ccc(NC(=O)CBr)c4O)CC3CC12. The third kappa shape index (κ3) is 3.54. The Morgan fingerprint density at radius 1 is 1.20 bits per heavy atom. The molecule has 1 aromatic carbocycles. The molecule has 35 heavy (non-hydrogen) atoms. The Labute approximate surface area is 208 Å². The van der Waals surface area contributed by atoms with Gasteiger partial charge in [-0.25, -0.2) is 0 Å². The average molecular weight is 550 g/mol. The van der Waals surface area contributed by atoms with Gasteiger partial charge in [0.2, 0.25) is 11.8 Å². The number of fused-ring (bicyclic) bond motifs is 3. The lowest BCUT2D eigenvalue weighted by Gasteiger charge is -2.52. The monoisotopic (exact) mass is 549 g/mol. The van der Waals surface area contributed by atoms with Gasteiger partial charge in [-0.1, -0.05) is 22.0 Å². The summed E-state index contributed by atoms with van der Waals surface area (Å²) >= 11 is 2.99. The number of rotatable bonds is 4. The number of primary amides is 1. The lowest BCUT2D eigenvalue weighted by atomic mass is 9.52. The summed E-state index contributed by atoms with van der Waals surface area (Å²) < 4.78 is 0. The number of anilines is 1. The molecule has 0 aliphatic heterocycles. The van der Waals surface area contributed by atoms with Crippen molar-refractivity contribution >= 4 is 56.6 Å². The maximum absolute atomic E-state index is 13.7. The van der Waals surface area contributed by atoms with E-state index in [9.17, 15) is 39.0 Å². The summed E-state index contributed by atoms with van der Waals surface area (Å²) in [4.78, 5) is 78.6. The van der Waals surface area contributed by atoms with Gasteiger partial charge < -0.3 is 21.3 Å². The molecular formula is C23H24BrN3O8. The number of aliphatic hydroxyl groups is 1. The minimum absolute atomic E-state index is 0.0211. The van der Waals surface area contributed by atoms with E-state index in [0.29, 0.717) is 5.56 Å². The summed E-state index contributed by atoms with van der Waals surface area (Å²) in [6.45, 7) is 0. The summed E-state index contributed by atoms with van der Waals surface area (Å²) in [7, 11) is 3.05. The molecule has 0 spiro atoms. The number of amides is 2. The Balaban J connectivity index is 1.82. The number of likely N-dealkylation sites (N-methyl/N-ethyl adjacent to an activating group) is 1. The molecule has 3 aliphatic rings. The Morgan fingerprint density at radius 2 is 1.86 bits per heavy atom. The fraction of sp³-hybridized carbons (Fsp3) is 0.478. The average Bonchev–Trinajstić information content (AvgIpc) is 2.77. The normalized spacial score (nSPS) is 32.1. The molecule has 3 aliphatic carbocycles. The molecule has 0 bridgehead atoms. The smallest absolute Gasteiger partial charge is 0.235 e. The van der Waals surface area contributed by atoms with Crippen molar-refractivity contribution in [2.75, 3.05) is 24.7 Å². The first kappa shape index (κ1) is 25.1. The van der Waals surface area contributed by atoms with E-state index < -0.39 is 76.0 Å². The number of aromatic hydroxyl groups is 1. The molecule has 11 nitrogen and oxygen atoms in total. The van der Waals surface area contributed by atoms with E-state index in [1.165, 1.54) is 25.1 Å². The Kier molecular flexibility index (Phi) is 6.18. The van der Waals surface area contributed by atoms with Crippen LogP contribution in [-0.2, 0) is 30.4 Å². The molecule has 0 radical (unpaired) electrons. The number of nitrogens with one attached hydrogen (secondary N) is 1. The number of hydrogen-bond donors (Lipinski definition) is 4. The lowest BCUT2D eigenvalue weighted by Crippen LogP contribution is -2.74. The van der Waals surface area contributed by atoms with Crippen molar-refractivity contribution in [3.63, 3.8) is 0 Å². The first-order valence-corrected chi connectivity index (χ1v) is 12.0. The van der Waals surface area contributed by atoms with Gasteiger partial charge in [-0.3, -0.25) is 33.7 Å². The van der Waals surface area contributed by atoms with Crippen LogP contribution < -0.4 is 11.1 Å². The molecule has 4 unspecified atom stereocenters. The van der Waals surface area contributed by atoms with Crippen molar-refractivity contribution in [3.8, 4) is 5.75 Å². The summed E-state index contributed by atoms with van der Waals surface area (Å²) in [5.41, 5.74) is 2.75. The van der Waals surface area contributed by atoms with Crippen LogP contribution in [0.3, 0.4) is 0 Å². The molecule has 0 saturated heterocycles. The summed E-state index contributed by atoms with van der Waals surface area (Å²) in [5, 5.41) is 24.6. The third-order valence-electron chi connectivity index (χ3n) is 7.33. The van der Waals surface area contributed by atoms with Crippen LogP contribution in [0.15, 0.2) is 12.1 Å². The van der Waals surface area contributed by atoms with Crippen molar-refractivity contribution < 1.29 is 39.0 Å². The molecule has 0 aromatic heterocycles. The van der Waals surface area contributed by atoms with Crippen LogP contribution in [0.2, 0.25) is 0 Å². The lowest BCUT2D eigenvalue weighted by molar-refractivity contribution is -0.181. The van der Waals surface area contributed by atoms with Crippen molar-refractivity contribution in [1.29, 1.82) is 0 Å². The molecule has 5 N–H and O–H groups in total. The number of hydrogen-bond acceptors (Lipinski definition) is 9. The number of carbonyl (C=O) groups excluding carboxylic acids is 6. The molecule has 0 heterocycles. The number of phenols is 1. The van der Waals surface area contributed by atoms with E-state index in [1.54, 1.807) is 6.07 Å². The second kappa shape index (κ2) is 8.61. The summed E-state index contributed by atoms with van der Waals surface area (Å²) in [6.07, 6.45) is 0.138.